The van der Waals surface area contributed by atoms with Gasteiger partial charge in [0, 0.05) is 12.9 Å². The standard InChI is InChI=1S/C13H20N2O4S/c1-7-6-20-11-13(14,18-5)10(17)15(11)8(7)9(16)19-12(2,3)4/h11H,6,14H2,1-5H3/t11-,13-/m0/s1. The van der Waals surface area contributed by atoms with Crippen LogP contribution < -0.4 is 5.73 Å². The summed E-state index contributed by atoms with van der Waals surface area (Å²) in [4.78, 5) is 25.9. The molecule has 0 aromatic rings. The van der Waals surface area contributed by atoms with Crippen molar-refractivity contribution < 1.29 is 19.1 Å². The molecule has 0 saturated carbocycles. The van der Waals surface area contributed by atoms with E-state index in [1.807, 2.05) is 6.92 Å². The minimum atomic E-state index is -1.35. The number of carbonyl (C=O) groups excluding carboxylic acids is 2. The molecule has 0 aromatic heterocycles. The zero-order chi connectivity index (χ0) is 15.3. The molecule has 0 aliphatic carbocycles. The van der Waals surface area contributed by atoms with Crippen LogP contribution in [0.4, 0.5) is 0 Å². The van der Waals surface area contributed by atoms with Crippen LogP contribution in [-0.4, -0.2) is 46.3 Å². The molecule has 0 aromatic carbocycles. The van der Waals surface area contributed by atoms with Gasteiger partial charge in [0.1, 0.15) is 16.7 Å². The average molecular weight is 300 g/mol. The van der Waals surface area contributed by atoms with E-state index in [9.17, 15) is 9.59 Å². The van der Waals surface area contributed by atoms with Crippen molar-refractivity contribution in [3.63, 3.8) is 0 Å². The highest BCUT2D eigenvalue weighted by molar-refractivity contribution is 8.00. The highest BCUT2D eigenvalue weighted by Crippen LogP contribution is 2.45. The summed E-state index contributed by atoms with van der Waals surface area (Å²) >= 11 is 1.48. The van der Waals surface area contributed by atoms with Crippen LogP contribution >= 0.6 is 11.8 Å². The van der Waals surface area contributed by atoms with Gasteiger partial charge in [0.05, 0.1) is 0 Å². The molecule has 20 heavy (non-hydrogen) atoms. The molecular formula is C13H20N2O4S. The second-order valence-corrected chi connectivity index (χ2v) is 7.04. The number of hydrogen-bond acceptors (Lipinski definition) is 6. The van der Waals surface area contributed by atoms with Crippen LogP contribution in [0.25, 0.3) is 0 Å². The highest BCUT2D eigenvalue weighted by Gasteiger charge is 2.63. The number of esters is 1. The molecule has 2 rings (SSSR count). The zero-order valence-corrected chi connectivity index (χ0v) is 13.2. The van der Waals surface area contributed by atoms with Gasteiger partial charge >= 0.3 is 5.97 Å². The molecule has 0 bridgehead atoms. The molecule has 112 valence electrons. The Bertz CT molecular complexity index is 497. The molecule has 7 heteroatoms. The Kier molecular flexibility index (Phi) is 3.64. The lowest BCUT2D eigenvalue weighted by Gasteiger charge is -2.54. The molecule has 1 fully saturated rings. The quantitative estimate of drug-likeness (QED) is 0.462. The van der Waals surface area contributed by atoms with E-state index in [4.69, 9.17) is 15.2 Å². The van der Waals surface area contributed by atoms with Gasteiger partial charge in [-0.15, -0.1) is 11.8 Å². The number of nitrogens with two attached hydrogens (primary N) is 1. The summed E-state index contributed by atoms with van der Waals surface area (Å²) in [5.74, 6) is -0.282. The van der Waals surface area contributed by atoms with Crippen molar-refractivity contribution in [2.24, 2.45) is 5.73 Å². The van der Waals surface area contributed by atoms with Gasteiger partial charge in [-0.2, -0.15) is 0 Å². The first-order valence-electron chi connectivity index (χ1n) is 6.34. The van der Waals surface area contributed by atoms with Crippen LogP contribution in [0.3, 0.4) is 0 Å². The van der Waals surface area contributed by atoms with E-state index >= 15 is 0 Å². The number of β-lactam (4-membered cyclic amide) rings is 1. The first-order valence-corrected chi connectivity index (χ1v) is 7.39. The summed E-state index contributed by atoms with van der Waals surface area (Å²) in [5.41, 5.74) is 5.08. The summed E-state index contributed by atoms with van der Waals surface area (Å²) in [6.45, 7) is 7.18. The highest BCUT2D eigenvalue weighted by atomic mass is 32.2. The Morgan fingerprint density at radius 1 is 1.50 bits per heavy atom. The van der Waals surface area contributed by atoms with Crippen LogP contribution in [-0.2, 0) is 19.1 Å². The maximum atomic E-state index is 12.3. The normalized spacial score (nSPS) is 30.0. The van der Waals surface area contributed by atoms with Crippen molar-refractivity contribution in [1.82, 2.24) is 4.90 Å². The van der Waals surface area contributed by atoms with E-state index in [0.717, 1.165) is 5.57 Å². The summed E-state index contributed by atoms with van der Waals surface area (Å²) < 4.78 is 10.5. The maximum absolute atomic E-state index is 12.3. The van der Waals surface area contributed by atoms with Gasteiger partial charge in [0.2, 0.25) is 5.72 Å². The third-order valence-electron chi connectivity index (χ3n) is 3.19. The Morgan fingerprint density at radius 2 is 2.10 bits per heavy atom. The van der Waals surface area contributed by atoms with Gasteiger partial charge < -0.3 is 9.47 Å². The molecule has 1 saturated heterocycles. The molecule has 0 radical (unpaired) electrons. The van der Waals surface area contributed by atoms with Gasteiger partial charge in [-0.05, 0) is 33.3 Å². The Labute approximate surface area is 122 Å². The first-order chi connectivity index (χ1) is 9.12. The maximum Gasteiger partial charge on any atom is 0.355 e. The van der Waals surface area contributed by atoms with Gasteiger partial charge in [-0.25, -0.2) is 4.79 Å². The molecule has 2 aliphatic heterocycles. The number of methoxy groups -OCH3 is 1. The minimum absolute atomic E-state index is 0.298. The summed E-state index contributed by atoms with van der Waals surface area (Å²) in [5, 5.41) is -0.383. The number of rotatable bonds is 2. The molecule has 2 N–H and O–H groups in total. The van der Waals surface area contributed by atoms with Crippen LogP contribution in [0, 0.1) is 0 Å². The van der Waals surface area contributed by atoms with Crippen molar-refractivity contribution in [3.05, 3.63) is 11.3 Å². The zero-order valence-electron chi connectivity index (χ0n) is 12.4. The van der Waals surface area contributed by atoms with E-state index in [1.165, 1.54) is 23.8 Å². The van der Waals surface area contributed by atoms with Crippen LogP contribution in [0.5, 0.6) is 0 Å². The second kappa shape index (κ2) is 4.75. The minimum Gasteiger partial charge on any atom is -0.455 e. The lowest BCUT2D eigenvalue weighted by Crippen LogP contribution is -2.78. The number of nitrogens with zero attached hydrogens (tertiary/aromatic N) is 1. The third kappa shape index (κ3) is 2.23. The molecule has 6 nitrogen and oxygen atoms in total. The molecule has 0 spiro atoms. The van der Waals surface area contributed by atoms with E-state index in [0.29, 0.717) is 11.4 Å². The average Bonchev–Trinajstić information content (AvgIpc) is 2.34. The van der Waals surface area contributed by atoms with Crippen molar-refractivity contribution in [1.29, 1.82) is 0 Å². The lowest BCUT2D eigenvalue weighted by atomic mass is 10.00. The van der Waals surface area contributed by atoms with E-state index in [2.05, 4.69) is 0 Å². The molecule has 2 aliphatic rings. The second-order valence-electron chi connectivity index (χ2n) is 5.97. The molecule has 2 heterocycles. The fourth-order valence-corrected chi connectivity index (χ4v) is 3.55. The van der Waals surface area contributed by atoms with Gasteiger partial charge in [0.25, 0.3) is 5.91 Å². The fraction of sp³-hybridized carbons (Fsp3) is 0.692. The number of hydrogen-bond donors (Lipinski definition) is 1. The largest absolute Gasteiger partial charge is 0.455 e. The fourth-order valence-electron chi connectivity index (χ4n) is 2.21. The number of fused-ring (bicyclic) bond motifs is 1. The van der Waals surface area contributed by atoms with Gasteiger partial charge in [0.15, 0.2) is 0 Å². The molecule has 0 unspecified atom stereocenters. The number of amides is 1. The number of ether oxygens (including phenoxy) is 2. The van der Waals surface area contributed by atoms with Crippen molar-refractivity contribution >= 4 is 23.6 Å². The molecule has 2 atom stereocenters. The summed E-state index contributed by atoms with van der Waals surface area (Å²) in [7, 11) is 1.40. The summed E-state index contributed by atoms with van der Waals surface area (Å²) in [6, 6.07) is 0. The Morgan fingerprint density at radius 3 is 2.60 bits per heavy atom. The molecular weight excluding hydrogens is 280 g/mol. The lowest BCUT2D eigenvalue weighted by molar-refractivity contribution is -0.184. The van der Waals surface area contributed by atoms with Crippen LogP contribution in [0.1, 0.15) is 27.7 Å². The predicted molar refractivity (Wildman–Crippen MR) is 75.6 cm³/mol. The van der Waals surface area contributed by atoms with Gasteiger partial charge in [-0.1, -0.05) is 0 Å². The monoisotopic (exact) mass is 300 g/mol. The molecule has 1 amide bonds. The third-order valence-corrected chi connectivity index (χ3v) is 4.66. The topological polar surface area (TPSA) is 81.9 Å². The van der Waals surface area contributed by atoms with Crippen molar-refractivity contribution in [2.45, 2.75) is 44.4 Å². The SMILES string of the molecule is CO[C@@]1(N)C(=O)N2C(C(=O)OC(C)(C)C)=C(C)CS[C@H]21. The Hall–Kier alpha value is -1.05. The van der Waals surface area contributed by atoms with Crippen LogP contribution in [0.2, 0.25) is 0 Å². The smallest absolute Gasteiger partial charge is 0.355 e. The first kappa shape index (κ1) is 15.3. The van der Waals surface area contributed by atoms with E-state index in [1.54, 1.807) is 20.8 Å². The number of thioether (sulfide) groups is 1. The van der Waals surface area contributed by atoms with Crippen molar-refractivity contribution in [2.75, 3.05) is 12.9 Å². The van der Waals surface area contributed by atoms with E-state index in [-0.39, 0.29) is 5.37 Å². The van der Waals surface area contributed by atoms with Crippen molar-refractivity contribution in [3.8, 4) is 0 Å². The predicted octanol–water partition coefficient (Wildman–Crippen LogP) is 0.819. The van der Waals surface area contributed by atoms with Gasteiger partial charge in [-0.3, -0.25) is 15.4 Å². The van der Waals surface area contributed by atoms with Crippen LogP contribution in [0.15, 0.2) is 11.3 Å². The van der Waals surface area contributed by atoms with E-state index < -0.39 is 23.2 Å². The summed E-state index contributed by atoms with van der Waals surface area (Å²) in [6.07, 6.45) is 0. The number of carbonyl (C=O) groups is 2. The Balaban J connectivity index is 2.29.